The molecule has 0 saturated carbocycles. The van der Waals surface area contributed by atoms with Gasteiger partial charge >= 0.3 is 0 Å². The molecule has 0 spiro atoms. The molecule has 18 heavy (non-hydrogen) atoms. The minimum atomic E-state index is 0.188. The highest BCUT2D eigenvalue weighted by Crippen LogP contribution is 2.27. The molecule has 1 aromatic rings. The third-order valence-corrected chi connectivity index (χ3v) is 4.12. The highest BCUT2D eigenvalue weighted by atomic mass is 35.5. The summed E-state index contributed by atoms with van der Waals surface area (Å²) in [5.74, 6) is 0. The van der Waals surface area contributed by atoms with Crippen LogP contribution in [0.2, 0.25) is 5.02 Å². The molecule has 0 bridgehead atoms. The fraction of sp³-hybridized carbons (Fsp3) is 0.600. The second-order valence-electron chi connectivity index (χ2n) is 6.01. The van der Waals surface area contributed by atoms with E-state index in [9.17, 15) is 0 Å². The molecule has 1 aliphatic rings. The number of halogens is 1. The van der Waals surface area contributed by atoms with Crippen LogP contribution in [-0.2, 0) is 0 Å². The number of benzene rings is 1. The van der Waals surface area contributed by atoms with E-state index in [0.29, 0.717) is 12.1 Å². The van der Waals surface area contributed by atoms with Crippen LogP contribution in [0.25, 0.3) is 0 Å². The van der Waals surface area contributed by atoms with Crippen molar-refractivity contribution in [3.05, 3.63) is 34.9 Å². The van der Waals surface area contributed by atoms with Gasteiger partial charge in [0.05, 0.1) is 0 Å². The van der Waals surface area contributed by atoms with Crippen molar-refractivity contribution in [2.75, 3.05) is 13.1 Å². The maximum Gasteiger partial charge on any atom is 0.0406 e. The van der Waals surface area contributed by atoms with Gasteiger partial charge in [-0.2, -0.15) is 0 Å². The lowest BCUT2D eigenvalue weighted by molar-refractivity contribution is 0.0689. The van der Waals surface area contributed by atoms with Gasteiger partial charge in [-0.05, 0) is 45.4 Å². The molecule has 1 aromatic carbocycles. The van der Waals surface area contributed by atoms with Crippen molar-refractivity contribution in [2.45, 2.75) is 45.3 Å². The predicted octanol–water partition coefficient (Wildman–Crippen LogP) is 3.47. The Labute approximate surface area is 115 Å². The van der Waals surface area contributed by atoms with Crippen LogP contribution in [0.3, 0.4) is 0 Å². The maximum atomic E-state index is 5.95. The summed E-state index contributed by atoms with van der Waals surface area (Å²) in [4.78, 5) is 2.57. The molecule has 3 heteroatoms. The third kappa shape index (κ3) is 3.05. The van der Waals surface area contributed by atoms with Gasteiger partial charge < -0.3 is 5.32 Å². The zero-order valence-electron chi connectivity index (χ0n) is 11.7. The summed E-state index contributed by atoms with van der Waals surface area (Å²) in [7, 11) is 0. The average molecular weight is 267 g/mol. The smallest absolute Gasteiger partial charge is 0.0406 e. The summed E-state index contributed by atoms with van der Waals surface area (Å²) in [5, 5.41) is 4.40. The predicted molar refractivity (Wildman–Crippen MR) is 78.1 cm³/mol. The van der Waals surface area contributed by atoms with E-state index in [1.807, 2.05) is 12.1 Å². The highest BCUT2D eigenvalue weighted by Gasteiger charge is 2.33. The molecular formula is C15H23ClN2. The van der Waals surface area contributed by atoms with E-state index in [-0.39, 0.29) is 5.54 Å². The van der Waals surface area contributed by atoms with Crippen LogP contribution >= 0.6 is 11.6 Å². The highest BCUT2D eigenvalue weighted by molar-refractivity contribution is 6.30. The lowest BCUT2D eigenvalue weighted by Gasteiger charge is -2.46. The van der Waals surface area contributed by atoms with E-state index in [4.69, 9.17) is 11.6 Å². The van der Waals surface area contributed by atoms with Crippen molar-refractivity contribution in [3.8, 4) is 0 Å². The number of hydrogen-bond donors (Lipinski definition) is 1. The van der Waals surface area contributed by atoms with Crippen LogP contribution in [0.1, 0.15) is 39.3 Å². The number of rotatable bonds is 2. The second kappa shape index (κ2) is 5.20. The molecule has 2 atom stereocenters. The number of piperazine rings is 1. The Morgan fingerprint density at radius 1 is 1.33 bits per heavy atom. The molecule has 0 aromatic heterocycles. The topological polar surface area (TPSA) is 15.3 Å². The van der Waals surface area contributed by atoms with Crippen LogP contribution in [0.15, 0.2) is 24.3 Å². The lowest BCUT2D eigenvalue weighted by Crippen LogP contribution is -2.61. The third-order valence-electron chi connectivity index (χ3n) is 3.87. The minimum absolute atomic E-state index is 0.188. The molecule has 100 valence electrons. The number of hydrogen-bond acceptors (Lipinski definition) is 2. The van der Waals surface area contributed by atoms with Gasteiger partial charge in [0.1, 0.15) is 0 Å². The summed E-state index contributed by atoms with van der Waals surface area (Å²) >= 11 is 5.95. The fourth-order valence-electron chi connectivity index (χ4n) is 2.66. The molecule has 1 N–H and O–H groups in total. The van der Waals surface area contributed by atoms with E-state index in [0.717, 1.165) is 18.1 Å². The van der Waals surface area contributed by atoms with Gasteiger partial charge in [0.25, 0.3) is 0 Å². The Bertz CT molecular complexity index is 399. The van der Waals surface area contributed by atoms with Gasteiger partial charge in [0, 0.05) is 35.7 Å². The SMILES string of the molecule is CC1CNC(C)(C)CN1C(C)c1ccc(Cl)cc1. The molecule has 0 amide bonds. The lowest BCUT2D eigenvalue weighted by atomic mass is 9.95. The molecule has 1 heterocycles. The summed E-state index contributed by atoms with van der Waals surface area (Å²) < 4.78 is 0. The Morgan fingerprint density at radius 2 is 1.94 bits per heavy atom. The van der Waals surface area contributed by atoms with Crippen LogP contribution in [0, 0.1) is 0 Å². The zero-order chi connectivity index (χ0) is 13.3. The first-order valence-corrected chi connectivity index (χ1v) is 7.03. The number of nitrogens with zero attached hydrogens (tertiary/aromatic N) is 1. The second-order valence-corrected chi connectivity index (χ2v) is 6.45. The van der Waals surface area contributed by atoms with E-state index < -0.39 is 0 Å². The monoisotopic (exact) mass is 266 g/mol. The van der Waals surface area contributed by atoms with Crippen molar-refractivity contribution < 1.29 is 0 Å². The van der Waals surface area contributed by atoms with E-state index in [1.54, 1.807) is 0 Å². The minimum Gasteiger partial charge on any atom is -0.309 e. The van der Waals surface area contributed by atoms with Crippen LogP contribution in [0.4, 0.5) is 0 Å². The summed E-state index contributed by atoms with van der Waals surface area (Å²) in [5.41, 5.74) is 1.52. The van der Waals surface area contributed by atoms with Crippen molar-refractivity contribution >= 4 is 11.6 Å². The van der Waals surface area contributed by atoms with E-state index in [2.05, 4.69) is 50.0 Å². The molecule has 2 nitrogen and oxygen atoms in total. The summed E-state index contributed by atoms with van der Waals surface area (Å²) in [6.45, 7) is 11.2. The Morgan fingerprint density at radius 3 is 2.56 bits per heavy atom. The Kier molecular flexibility index (Phi) is 4.00. The van der Waals surface area contributed by atoms with Crippen LogP contribution in [-0.4, -0.2) is 29.6 Å². The molecule has 1 fully saturated rings. The summed E-state index contributed by atoms with van der Waals surface area (Å²) in [6.07, 6.45) is 0. The Hall–Kier alpha value is -0.570. The molecule has 0 aliphatic carbocycles. The molecule has 1 saturated heterocycles. The first-order valence-electron chi connectivity index (χ1n) is 6.65. The molecule has 1 aliphatic heterocycles. The quantitative estimate of drug-likeness (QED) is 0.882. The standard InChI is InChI=1S/C15H23ClN2/c1-11-9-17-15(3,4)10-18(11)12(2)13-5-7-14(16)8-6-13/h5-8,11-12,17H,9-10H2,1-4H3. The van der Waals surface area contributed by atoms with Gasteiger partial charge in [-0.1, -0.05) is 23.7 Å². The average Bonchev–Trinajstić information content (AvgIpc) is 2.32. The van der Waals surface area contributed by atoms with Crippen LogP contribution < -0.4 is 5.32 Å². The van der Waals surface area contributed by atoms with Gasteiger partial charge in [0.15, 0.2) is 0 Å². The maximum absolute atomic E-state index is 5.95. The van der Waals surface area contributed by atoms with Crippen LogP contribution in [0.5, 0.6) is 0 Å². The summed E-state index contributed by atoms with van der Waals surface area (Å²) in [6, 6.07) is 9.21. The van der Waals surface area contributed by atoms with Crippen molar-refractivity contribution in [2.24, 2.45) is 0 Å². The van der Waals surface area contributed by atoms with Gasteiger partial charge in [-0.3, -0.25) is 4.90 Å². The Balaban J connectivity index is 2.16. The largest absolute Gasteiger partial charge is 0.309 e. The van der Waals surface area contributed by atoms with Gasteiger partial charge in [-0.15, -0.1) is 0 Å². The first kappa shape index (κ1) is 13.9. The molecular weight excluding hydrogens is 244 g/mol. The normalized spacial score (nSPS) is 25.9. The molecule has 0 radical (unpaired) electrons. The van der Waals surface area contributed by atoms with E-state index >= 15 is 0 Å². The van der Waals surface area contributed by atoms with Crippen molar-refractivity contribution in [3.63, 3.8) is 0 Å². The number of nitrogens with one attached hydrogen (secondary N) is 1. The van der Waals surface area contributed by atoms with Crippen molar-refractivity contribution in [1.82, 2.24) is 10.2 Å². The van der Waals surface area contributed by atoms with Gasteiger partial charge in [-0.25, -0.2) is 0 Å². The molecule has 2 rings (SSSR count). The van der Waals surface area contributed by atoms with Crippen molar-refractivity contribution in [1.29, 1.82) is 0 Å². The van der Waals surface area contributed by atoms with E-state index in [1.165, 1.54) is 5.56 Å². The fourth-order valence-corrected chi connectivity index (χ4v) is 2.79. The molecule has 2 unspecified atom stereocenters. The zero-order valence-corrected chi connectivity index (χ0v) is 12.5. The first-order chi connectivity index (χ1) is 8.39. The van der Waals surface area contributed by atoms with Gasteiger partial charge in [0.2, 0.25) is 0 Å².